The predicted octanol–water partition coefficient (Wildman–Crippen LogP) is 2.71. The summed E-state index contributed by atoms with van der Waals surface area (Å²) in [5, 5.41) is 1.11. The van der Waals surface area contributed by atoms with Gasteiger partial charge in [0.05, 0.1) is 24.5 Å². The van der Waals surface area contributed by atoms with Gasteiger partial charge in [-0.15, -0.1) is 6.58 Å². The summed E-state index contributed by atoms with van der Waals surface area (Å²) in [5.74, 6) is 1.37. The maximum Gasteiger partial charge on any atom is 0.309 e. The maximum absolute atomic E-state index is 12.6. The lowest BCUT2D eigenvalue weighted by Crippen LogP contribution is -3.20. The summed E-state index contributed by atoms with van der Waals surface area (Å²) in [6.07, 6.45) is 8.11. The third-order valence-corrected chi connectivity index (χ3v) is 6.83. The zero-order valence-corrected chi connectivity index (χ0v) is 15.6. The van der Waals surface area contributed by atoms with Crippen LogP contribution in [0.4, 0.5) is 0 Å². The number of esters is 1. The molecule has 3 aliphatic heterocycles. The van der Waals surface area contributed by atoms with Gasteiger partial charge in [-0.25, -0.2) is 0 Å². The minimum Gasteiger partial charge on any atom is -0.451 e. The van der Waals surface area contributed by atoms with Crippen molar-refractivity contribution >= 4 is 16.9 Å². The molecule has 2 aromatic rings. The number of nitrogens with one attached hydrogen (secondary N) is 1. The van der Waals surface area contributed by atoms with Gasteiger partial charge in [-0.2, -0.15) is 0 Å². The van der Waals surface area contributed by atoms with Gasteiger partial charge < -0.3 is 9.64 Å². The Balaban J connectivity index is 1.53. The van der Waals surface area contributed by atoms with Crippen LogP contribution in [0.25, 0.3) is 10.9 Å². The van der Waals surface area contributed by atoms with Crippen molar-refractivity contribution in [2.24, 2.45) is 17.8 Å². The van der Waals surface area contributed by atoms with Crippen LogP contribution in [0.3, 0.4) is 0 Å². The van der Waals surface area contributed by atoms with Gasteiger partial charge in [0.15, 0.2) is 6.10 Å². The van der Waals surface area contributed by atoms with E-state index in [2.05, 4.69) is 29.8 Å². The highest BCUT2D eigenvalue weighted by atomic mass is 16.5. The number of benzene rings is 1. The Bertz CT molecular complexity index is 870. The first-order valence-electron chi connectivity index (χ1n) is 10.3. The molecule has 4 aliphatic rings. The van der Waals surface area contributed by atoms with Crippen molar-refractivity contribution in [2.45, 2.75) is 37.8 Å². The highest BCUT2D eigenvalue weighted by Crippen LogP contribution is 2.38. The Morgan fingerprint density at radius 2 is 2.11 bits per heavy atom. The van der Waals surface area contributed by atoms with Crippen molar-refractivity contribution in [3.8, 4) is 0 Å². The Hall–Kier alpha value is -2.20. The van der Waals surface area contributed by atoms with Crippen molar-refractivity contribution in [2.75, 3.05) is 13.1 Å². The van der Waals surface area contributed by atoms with Crippen molar-refractivity contribution in [3.05, 3.63) is 54.7 Å². The van der Waals surface area contributed by atoms with Crippen molar-refractivity contribution in [1.82, 2.24) is 4.98 Å². The Morgan fingerprint density at radius 3 is 2.85 bits per heavy atom. The molecule has 4 fully saturated rings. The molecule has 6 rings (SSSR count). The number of ether oxygens (including phenoxy) is 1. The van der Waals surface area contributed by atoms with E-state index in [0.717, 1.165) is 42.3 Å². The third-order valence-electron chi connectivity index (χ3n) is 6.83. The van der Waals surface area contributed by atoms with Gasteiger partial charge in [0.25, 0.3) is 0 Å². The van der Waals surface area contributed by atoms with Gasteiger partial charge >= 0.3 is 5.97 Å². The van der Waals surface area contributed by atoms with E-state index in [1.807, 2.05) is 24.4 Å². The summed E-state index contributed by atoms with van der Waals surface area (Å²) < 4.78 is 6.22. The Kier molecular flexibility index (Phi) is 4.24. The normalized spacial score (nSPS) is 30.8. The van der Waals surface area contributed by atoms with Crippen LogP contribution in [0.1, 0.15) is 37.4 Å². The van der Waals surface area contributed by atoms with Crippen LogP contribution < -0.4 is 4.90 Å². The molecule has 4 heterocycles. The SMILES string of the molecule is C=C[C@@H]1C[NH+]2CC[C@@H]1C[C@@H]2[C@H](OC(=O)C1CC1)c1ccnc2ccccc12. The van der Waals surface area contributed by atoms with Gasteiger partial charge in [-0.05, 0) is 30.9 Å². The molecule has 1 N–H and O–H groups in total. The first-order valence-corrected chi connectivity index (χ1v) is 10.3. The lowest BCUT2D eigenvalue weighted by Gasteiger charge is -2.48. The van der Waals surface area contributed by atoms with E-state index in [1.165, 1.54) is 13.0 Å². The van der Waals surface area contributed by atoms with E-state index < -0.39 is 0 Å². The number of para-hydroxylation sites is 1. The van der Waals surface area contributed by atoms with Crippen LogP contribution >= 0.6 is 0 Å². The number of piperidine rings is 3. The number of rotatable bonds is 5. The van der Waals surface area contributed by atoms with Crippen LogP contribution in [-0.2, 0) is 9.53 Å². The third kappa shape index (κ3) is 3.06. The van der Waals surface area contributed by atoms with Crippen LogP contribution in [-0.4, -0.2) is 30.1 Å². The standard InChI is InChI=1S/C23H26N2O2/c1-2-15-14-25-12-10-17(15)13-21(25)22(27-23(26)16-7-8-16)19-9-11-24-20-6-4-3-5-18(19)20/h2-6,9,11,15-17,21-22H,1,7-8,10,12-14H2/p+1/t15-,17-,21-,22-/m1/s1. The topological polar surface area (TPSA) is 43.6 Å². The highest BCUT2D eigenvalue weighted by molar-refractivity contribution is 5.83. The second-order valence-electron chi connectivity index (χ2n) is 8.45. The van der Waals surface area contributed by atoms with Crippen molar-refractivity contribution < 1.29 is 14.4 Å². The number of hydrogen-bond donors (Lipinski definition) is 1. The molecule has 1 aromatic heterocycles. The number of hydrogen-bond acceptors (Lipinski definition) is 3. The molecule has 27 heavy (non-hydrogen) atoms. The molecular formula is C23H27N2O2+. The fraction of sp³-hybridized carbons (Fsp3) is 0.478. The molecule has 1 unspecified atom stereocenters. The lowest BCUT2D eigenvalue weighted by molar-refractivity contribution is -0.949. The summed E-state index contributed by atoms with van der Waals surface area (Å²) in [4.78, 5) is 18.7. The van der Waals surface area contributed by atoms with Gasteiger partial charge in [-0.3, -0.25) is 9.78 Å². The van der Waals surface area contributed by atoms with Crippen LogP contribution in [0.2, 0.25) is 0 Å². The number of quaternary nitrogens is 1. The molecular weight excluding hydrogens is 336 g/mol. The van der Waals surface area contributed by atoms with E-state index in [1.54, 1.807) is 4.90 Å². The number of carbonyl (C=O) groups is 1. The molecule has 5 atom stereocenters. The molecule has 3 saturated heterocycles. The lowest BCUT2D eigenvalue weighted by atomic mass is 9.73. The molecule has 2 bridgehead atoms. The average Bonchev–Trinajstić information content (AvgIpc) is 3.57. The van der Waals surface area contributed by atoms with E-state index in [4.69, 9.17) is 4.74 Å². The van der Waals surface area contributed by atoms with E-state index in [0.29, 0.717) is 17.9 Å². The summed E-state index contributed by atoms with van der Waals surface area (Å²) >= 11 is 0. The molecule has 1 saturated carbocycles. The van der Waals surface area contributed by atoms with E-state index >= 15 is 0 Å². The molecule has 1 aromatic carbocycles. The number of pyridine rings is 1. The van der Waals surface area contributed by atoms with Gasteiger partial charge in [0.1, 0.15) is 6.04 Å². The van der Waals surface area contributed by atoms with Gasteiger partial charge in [-0.1, -0.05) is 24.3 Å². The number of nitrogens with zero attached hydrogens (tertiary/aromatic N) is 1. The molecule has 140 valence electrons. The van der Waals surface area contributed by atoms with Crippen LogP contribution in [0.15, 0.2) is 49.2 Å². The monoisotopic (exact) mass is 363 g/mol. The second-order valence-corrected chi connectivity index (χ2v) is 8.45. The molecule has 1 aliphatic carbocycles. The zero-order valence-electron chi connectivity index (χ0n) is 15.6. The largest absolute Gasteiger partial charge is 0.451 e. The smallest absolute Gasteiger partial charge is 0.309 e. The Morgan fingerprint density at radius 1 is 1.26 bits per heavy atom. The first-order chi connectivity index (χ1) is 13.2. The first kappa shape index (κ1) is 16.9. The highest BCUT2D eigenvalue weighted by Gasteiger charge is 2.48. The molecule has 0 spiro atoms. The summed E-state index contributed by atoms with van der Waals surface area (Å²) in [6.45, 7) is 6.32. The van der Waals surface area contributed by atoms with Crippen molar-refractivity contribution in [3.63, 3.8) is 0 Å². The predicted molar refractivity (Wildman–Crippen MR) is 104 cm³/mol. The number of fused-ring (bicyclic) bond motifs is 4. The van der Waals surface area contributed by atoms with E-state index in [-0.39, 0.29) is 18.0 Å². The second kappa shape index (κ2) is 6.75. The number of carbonyl (C=O) groups excluding carboxylic acids is 1. The maximum atomic E-state index is 12.6. The quantitative estimate of drug-likeness (QED) is 0.656. The minimum atomic E-state index is -0.186. The molecule has 4 nitrogen and oxygen atoms in total. The summed E-state index contributed by atoms with van der Waals surface area (Å²) in [5.41, 5.74) is 2.09. The average molecular weight is 363 g/mol. The number of aromatic nitrogens is 1. The summed E-state index contributed by atoms with van der Waals surface area (Å²) in [6, 6.07) is 10.6. The fourth-order valence-corrected chi connectivity index (χ4v) is 5.16. The summed E-state index contributed by atoms with van der Waals surface area (Å²) in [7, 11) is 0. The van der Waals surface area contributed by atoms with Crippen molar-refractivity contribution in [1.29, 1.82) is 0 Å². The van der Waals surface area contributed by atoms with Gasteiger partial charge in [0.2, 0.25) is 0 Å². The minimum absolute atomic E-state index is 0.0109. The van der Waals surface area contributed by atoms with Crippen LogP contribution in [0, 0.1) is 17.8 Å². The molecule has 0 radical (unpaired) electrons. The fourth-order valence-electron chi connectivity index (χ4n) is 5.16. The Labute approximate surface area is 160 Å². The molecule has 4 heteroatoms. The zero-order chi connectivity index (χ0) is 18.4. The van der Waals surface area contributed by atoms with Gasteiger partial charge in [0, 0.05) is 35.9 Å². The van der Waals surface area contributed by atoms with Crippen LogP contribution in [0.5, 0.6) is 0 Å². The molecule has 0 amide bonds. The van der Waals surface area contributed by atoms with E-state index in [9.17, 15) is 4.79 Å².